The minimum absolute atomic E-state index is 0.176. The van der Waals surface area contributed by atoms with Crippen LogP contribution in [0.4, 0.5) is 4.79 Å². The van der Waals surface area contributed by atoms with E-state index in [4.69, 9.17) is 4.52 Å². The Bertz CT molecular complexity index is 721. The van der Waals surface area contributed by atoms with Gasteiger partial charge in [-0.05, 0) is 31.4 Å². The summed E-state index contributed by atoms with van der Waals surface area (Å²) in [6.07, 6.45) is 0.676. The lowest BCUT2D eigenvalue weighted by molar-refractivity contribution is 0.141. The van der Waals surface area contributed by atoms with Crippen molar-refractivity contribution in [3.8, 4) is 0 Å². The van der Waals surface area contributed by atoms with E-state index < -0.39 is 6.10 Å². The summed E-state index contributed by atoms with van der Waals surface area (Å²) in [4.78, 5) is 12.5. The summed E-state index contributed by atoms with van der Waals surface area (Å²) in [5.74, 6) is 0.714. The Morgan fingerprint density at radius 1 is 1.42 bits per heavy atom. The molecule has 128 valence electrons. The van der Waals surface area contributed by atoms with Gasteiger partial charge in [0.25, 0.3) is 0 Å². The first-order valence-corrected chi connectivity index (χ1v) is 8.27. The summed E-state index contributed by atoms with van der Waals surface area (Å²) >= 11 is 0. The number of aliphatic hydroxyl groups excluding tert-OH is 1. The molecule has 3 unspecified atom stereocenters. The standard InChI is InChI=1S/C18H23N3O3/c1-4-14(16-10(2)21-24-11(16)3)19-18(23)20-17-13-8-6-5-7-12(13)9-15(17)22/h5-8,14-15,17,22H,4,9H2,1-3H3,(H2,19,20,23). The van der Waals surface area contributed by atoms with Crippen molar-refractivity contribution in [3.63, 3.8) is 0 Å². The largest absolute Gasteiger partial charge is 0.390 e. The Kier molecular flexibility index (Phi) is 4.57. The van der Waals surface area contributed by atoms with Gasteiger partial charge in [0.2, 0.25) is 0 Å². The summed E-state index contributed by atoms with van der Waals surface area (Å²) in [6, 6.07) is 6.93. The van der Waals surface area contributed by atoms with Crippen LogP contribution in [0, 0.1) is 13.8 Å². The van der Waals surface area contributed by atoms with Crippen LogP contribution in [-0.4, -0.2) is 22.4 Å². The molecule has 6 nitrogen and oxygen atoms in total. The van der Waals surface area contributed by atoms with Gasteiger partial charge in [-0.1, -0.05) is 36.3 Å². The molecule has 0 bridgehead atoms. The highest BCUT2D eigenvalue weighted by atomic mass is 16.5. The van der Waals surface area contributed by atoms with Crippen molar-refractivity contribution in [1.82, 2.24) is 15.8 Å². The first-order valence-electron chi connectivity index (χ1n) is 8.27. The molecule has 0 saturated carbocycles. The van der Waals surface area contributed by atoms with E-state index in [1.807, 2.05) is 45.0 Å². The van der Waals surface area contributed by atoms with E-state index in [2.05, 4.69) is 15.8 Å². The number of fused-ring (bicyclic) bond motifs is 1. The zero-order valence-corrected chi connectivity index (χ0v) is 14.2. The fourth-order valence-corrected chi connectivity index (χ4v) is 3.45. The molecule has 6 heteroatoms. The molecule has 0 spiro atoms. The third-order valence-electron chi connectivity index (χ3n) is 4.64. The smallest absolute Gasteiger partial charge is 0.315 e. The van der Waals surface area contributed by atoms with E-state index in [0.29, 0.717) is 12.2 Å². The quantitative estimate of drug-likeness (QED) is 0.805. The van der Waals surface area contributed by atoms with Gasteiger partial charge in [0.1, 0.15) is 5.76 Å². The summed E-state index contributed by atoms with van der Waals surface area (Å²) in [5.41, 5.74) is 3.75. The van der Waals surface area contributed by atoms with E-state index >= 15 is 0 Å². The SMILES string of the molecule is CCC(NC(=O)NC1c2ccccc2CC1O)c1c(C)noc1C. The van der Waals surface area contributed by atoms with Crippen molar-refractivity contribution in [3.05, 3.63) is 52.4 Å². The van der Waals surface area contributed by atoms with Crippen LogP contribution in [0.15, 0.2) is 28.8 Å². The zero-order valence-electron chi connectivity index (χ0n) is 14.2. The minimum Gasteiger partial charge on any atom is -0.390 e. The van der Waals surface area contributed by atoms with Gasteiger partial charge in [-0.15, -0.1) is 0 Å². The zero-order chi connectivity index (χ0) is 17.3. The van der Waals surface area contributed by atoms with Crippen LogP contribution >= 0.6 is 0 Å². The lowest BCUT2D eigenvalue weighted by Gasteiger charge is -2.22. The summed E-state index contributed by atoms with van der Waals surface area (Å²) in [7, 11) is 0. The molecule has 0 aliphatic heterocycles. The van der Waals surface area contributed by atoms with Crippen molar-refractivity contribution in [2.75, 3.05) is 0 Å². The van der Waals surface area contributed by atoms with Crippen molar-refractivity contribution in [2.45, 2.75) is 51.8 Å². The Hall–Kier alpha value is -2.34. The highest BCUT2D eigenvalue weighted by Crippen LogP contribution is 2.31. The molecule has 1 aliphatic rings. The normalized spacial score (nSPS) is 20.5. The van der Waals surface area contributed by atoms with E-state index in [-0.39, 0.29) is 18.1 Å². The van der Waals surface area contributed by atoms with E-state index in [1.165, 1.54) is 0 Å². The second-order valence-corrected chi connectivity index (χ2v) is 6.26. The Morgan fingerprint density at radius 2 is 2.17 bits per heavy atom. The molecule has 0 saturated heterocycles. The molecule has 1 aromatic heterocycles. The second-order valence-electron chi connectivity index (χ2n) is 6.26. The van der Waals surface area contributed by atoms with E-state index in [1.54, 1.807) is 0 Å². The van der Waals surface area contributed by atoms with E-state index in [9.17, 15) is 9.90 Å². The summed E-state index contributed by atoms with van der Waals surface area (Å²) in [5, 5.41) is 20.1. The third-order valence-corrected chi connectivity index (χ3v) is 4.64. The van der Waals surface area contributed by atoms with Crippen molar-refractivity contribution >= 4 is 6.03 Å². The van der Waals surface area contributed by atoms with Crippen molar-refractivity contribution in [1.29, 1.82) is 0 Å². The number of hydrogen-bond donors (Lipinski definition) is 3. The average molecular weight is 329 g/mol. The van der Waals surface area contributed by atoms with Crippen LogP contribution in [0.2, 0.25) is 0 Å². The Morgan fingerprint density at radius 3 is 2.83 bits per heavy atom. The Balaban J connectivity index is 1.71. The van der Waals surface area contributed by atoms with Gasteiger partial charge in [0, 0.05) is 12.0 Å². The van der Waals surface area contributed by atoms with Crippen LogP contribution in [0.1, 0.15) is 53.6 Å². The highest BCUT2D eigenvalue weighted by Gasteiger charge is 2.32. The number of hydrogen-bond acceptors (Lipinski definition) is 4. The molecule has 3 N–H and O–H groups in total. The molecule has 3 atom stereocenters. The molecule has 1 aromatic carbocycles. The number of nitrogens with one attached hydrogen (secondary N) is 2. The monoisotopic (exact) mass is 329 g/mol. The average Bonchev–Trinajstić information content (AvgIpc) is 3.05. The fraction of sp³-hybridized carbons (Fsp3) is 0.444. The number of amides is 2. The molecular formula is C18H23N3O3. The van der Waals surface area contributed by atoms with Gasteiger partial charge in [0.15, 0.2) is 0 Å². The summed E-state index contributed by atoms with van der Waals surface area (Å²) < 4.78 is 5.19. The minimum atomic E-state index is -0.604. The maximum Gasteiger partial charge on any atom is 0.315 e. The van der Waals surface area contributed by atoms with Gasteiger partial charge in [-0.25, -0.2) is 4.79 Å². The second kappa shape index (κ2) is 6.65. The maximum absolute atomic E-state index is 12.5. The van der Waals surface area contributed by atoms with Crippen molar-refractivity contribution in [2.24, 2.45) is 0 Å². The molecular weight excluding hydrogens is 306 g/mol. The number of carbonyl (C=O) groups excluding carboxylic acids is 1. The predicted molar refractivity (Wildman–Crippen MR) is 89.6 cm³/mol. The first-order chi connectivity index (χ1) is 11.5. The van der Waals surface area contributed by atoms with Crippen LogP contribution in [0.5, 0.6) is 0 Å². The number of aromatic nitrogens is 1. The van der Waals surface area contributed by atoms with Gasteiger partial charge in [0.05, 0.1) is 23.9 Å². The fourth-order valence-electron chi connectivity index (χ4n) is 3.45. The van der Waals surface area contributed by atoms with Crippen LogP contribution in [0.25, 0.3) is 0 Å². The third kappa shape index (κ3) is 3.01. The van der Waals surface area contributed by atoms with Crippen LogP contribution in [0.3, 0.4) is 0 Å². The van der Waals surface area contributed by atoms with Crippen molar-refractivity contribution < 1.29 is 14.4 Å². The molecule has 1 aliphatic carbocycles. The van der Waals surface area contributed by atoms with Gasteiger partial charge < -0.3 is 20.3 Å². The highest BCUT2D eigenvalue weighted by molar-refractivity contribution is 5.75. The van der Waals surface area contributed by atoms with E-state index in [0.717, 1.165) is 28.8 Å². The van der Waals surface area contributed by atoms with Crippen LogP contribution in [-0.2, 0) is 6.42 Å². The Labute approximate surface area is 141 Å². The van der Waals surface area contributed by atoms with Gasteiger partial charge in [-0.2, -0.15) is 0 Å². The number of nitrogens with zero attached hydrogens (tertiary/aromatic N) is 1. The molecule has 0 fully saturated rings. The molecule has 2 aromatic rings. The number of rotatable bonds is 4. The van der Waals surface area contributed by atoms with Crippen LogP contribution < -0.4 is 10.6 Å². The molecule has 2 amide bonds. The number of aryl methyl sites for hydroxylation is 2. The van der Waals surface area contributed by atoms with Gasteiger partial charge in [-0.3, -0.25) is 0 Å². The lowest BCUT2D eigenvalue weighted by Crippen LogP contribution is -2.42. The number of aliphatic hydroxyl groups is 1. The first kappa shape index (κ1) is 16.5. The number of carbonyl (C=O) groups is 1. The molecule has 24 heavy (non-hydrogen) atoms. The topological polar surface area (TPSA) is 87.4 Å². The van der Waals surface area contributed by atoms with Gasteiger partial charge >= 0.3 is 6.03 Å². The molecule has 3 rings (SSSR count). The lowest BCUT2D eigenvalue weighted by atomic mass is 10.0. The molecule has 1 heterocycles. The maximum atomic E-state index is 12.5. The predicted octanol–water partition coefficient (Wildman–Crippen LogP) is 2.70. The molecule has 0 radical (unpaired) electrons. The number of benzene rings is 1. The number of urea groups is 1. The summed E-state index contributed by atoms with van der Waals surface area (Å²) in [6.45, 7) is 5.70.